The van der Waals surface area contributed by atoms with E-state index in [-0.39, 0.29) is 5.41 Å². The number of hydrogen-bond donors (Lipinski definition) is 0. The van der Waals surface area contributed by atoms with Crippen molar-refractivity contribution in [2.75, 3.05) is 13.7 Å². The van der Waals surface area contributed by atoms with Crippen LogP contribution in [0.3, 0.4) is 0 Å². The molecule has 0 aliphatic carbocycles. The monoisotopic (exact) mass is 284 g/mol. The van der Waals surface area contributed by atoms with Crippen LogP contribution in [-0.2, 0) is 9.53 Å². The van der Waals surface area contributed by atoms with Crippen LogP contribution in [0.4, 0.5) is 0 Å². The maximum atomic E-state index is 12.8. The van der Waals surface area contributed by atoms with E-state index in [1.54, 1.807) is 7.11 Å². The molecule has 20 heavy (non-hydrogen) atoms. The van der Waals surface area contributed by atoms with Crippen LogP contribution in [0.2, 0.25) is 0 Å². The molecule has 0 spiro atoms. The van der Waals surface area contributed by atoms with Gasteiger partial charge in [0.25, 0.3) is 0 Å². The Morgan fingerprint density at radius 3 is 1.90 bits per heavy atom. The molecule has 0 rings (SSSR count). The molecule has 0 radical (unpaired) electrons. The van der Waals surface area contributed by atoms with Crippen molar-refractivity contribution < 1.29 is 9.53 Å². The lowest BCUT2D eigenvalue weighted by atomic mass is 9.72. The van der Waals surface area contributed by atoms with Crippen molar-refractivity contribution in [1.82, 2.24) is 0 Å². The zero-order valence-corrected chi connectivity index (χ0v) is 14.6. The molecule has 120 valence electrons. The minimum atomic E-state index is -0.238. The molecule has 2 nitrogen and oxygen atoms in total. The van der Waals surface area contributed by atoms with E-state index in [0.29, 0.717) is 24.2 Å². The molecule has 0 aliphatic heterocycles. The summed E-state index contributed by atoms with van der Waals surface area (Å²) in [5.74, 6) is 1.72. The number of unbranched alkanes of at least 4 members (excludes halogenated alkanes) is 1. The van der Waals surface area contributed by atoms with Crippen LogP contribution < -0.4 is 0 Å². The first-order valence-electron chi connectivity index (χ1n) is 8.40. The number of ether oxygens (including phenoxy) is 1. The lowest BCUT2D eigenvalue weighted by Crippen LogP contribution is -2.36. The van der Waals surface area contributed by atoms with E-state index in [1.807, 2.05) is 0 Å². The normalized spacial score (nSPS) is 12.4. The smallest absolute Gasteiger partial charge is 0.141 e. The predicted molar refractivity (Wildman–Crippen MR) is 87.0 cm³/mol. The average molecular weight is 284 g/mol. The van der Waals surface area contributed by atoms with Gasteiger partial charge in [-0.3, -0.25) is 4.79 Å². The van der Waals surface area contributed by atoms with E-state index < -0.39 is 0 Å². The fourth-order valence-electron chi connectivity index (χ4n) is 2.64. The Morgan fingerprint density at radius 1 is 1.05 bits per heavy atom. The molecule has 0 fully saturated rings. The van der Waals surface area contributed by atoms with E-state index in [1.165, 1.54) is 0 Å². The standard InChI is InChI=1S/C18H36O2/c1-7-8-9-17(19)18(14-20-6,12-10-15(2)3)13-11-16(4)5/h15-16H,7-14H2,1-6H3. The first-order chi connectivity index (χ1) is 9.38. The topological polar surface area (TPSA) is 26.3 Å². The summed E-state index contributed by atoms with van der Waals surface area (Å²) in [6.45, 7) is 11.7. The number of Topliss-reactive ketones (excluding diaryl/α,β-unsaturated/α-hetero) is 1. The van der Waals surface area contributed by atoms with Crippen molar-refractivity contribution in [3.8, 4) is 0 Å². The van der Waals surface area contributed by atoms with Crippen molar-refractivity contribution in [3.63, 3.8) is 0 Å². The fraction of sp³-hybridized carbons (Fsp3) is 0.944. The van der Waals surface area contributed by atoms with Gasteiger partial charge in [-0.2, -0.15) is 0 Å². The van der Waals surface area contributed by atoms with Crippen LogP contribution >= 0.6 is 0 Å². The fourth-order valence-corrected chi connectivity index (χ4v) is 2.64. The van der Waals surface area contributed by atoms with Gasteiger partial charge in [-0.1, -0.05) is 41.0 Å². The molecular formula is C18H36O2. The molecule has 0 aliphatic rings. The second-order valence-electron chi connectivity index (χ2n) is 7.11. The first-order valence-corrected chi connectivity index (χ1v) is 8.40. The quantitative estimate of drug-likeness (QED) is 0.489. The van der Waals surface area contributed by atoms with Crippen LogP contribution in [0.15, 0.2) is 0 Å². The van der Waals surface area contributed by atoms with Gasteiger partial charge in [0, 0.05) is 13.5 Å². The predicted octanol–water partition coefficient (Wildman–Crippen LogP) is 5.25. The summed E-state index contributed by atoms with van der Waals surface area (Å²) < 4.78 is 5.45. The molecule has 0 bridgehead atoms. The van der Waals surface area contributed by atoms with E-state index in [0.717, 1.165) is 44.9 Å². The first kappa shape index (κ1) is 19.6. The molecule has 0 unspecified atom stereocenters. The number of ketones is 1. The highest BCUT2D eigenvalue weighted by Gasteiger charge is 2.37. The Morgan fingerprint density at radius 2 is 1.55 bits per heavy atom. The van der Waals surface area contributed by atoms with Gasteiger partial charge in [0.15, 0.2) is 0 Å². The van der Waals surface area contributed by atoms with Gasteiger partial charge in [0.2, 0.25) is 0 Å². The highest BCUT2D eigenvalue weighted by atomic mass is 16.5. The zero-order chi connectivity index (χ0) is 15.6. The van der Waals surface area contributed by atoms with Gasteiger partial charge < -0.3 is 4.74 Å². The van der Waals surface area contributed by atoms with Crippen molar-refractivity contribution in [2.45, 2.75) is 79.6 Å². The lowest BCUT2D eigenvalue weighted by Gasteiger charge is -2.33. The van der Waals surface area contributed by atoms with E-state index >= 15 is 0 Å². The van der Waals surface area contributed by atoms with Gasteiger partial charge in [-0.05, 0) is 43.9 Å². The van der Waals surface area contributed by atoms with E-state index in [9.17, 15) is 4.79 Å². The third-order valence-electron chi connectivity index (χ3n) is 4.17. The second kappa shape index (κ2) is 10.4. The van der Waals surface area contributed by atoms with Crippen molar-refractivity contribution >= 4 is 5.78 Å². The summed E-state index contributed by atoms with van der Waals surface area (Å²) in [6.07, 6.45) is 6.99. The average Bonchev–Trinajstić information content (AvgIpc) is 2.39. The molecule has 2 heteroatoms. The summed E-state index contributed by atoms with van der Waals surface area (Å²) in [6, 6.07) is 0. The van der Waals surface area contributed by atoms with Crippen LogP contribution in [0.25, 0.3) is 0 Å². The number of carbonyl (C=O) groups excluding carboxylic acids is 1. The molecule has 0 atom stereocenters. The van der Waals surface area contributed by atoms with E-state index in [2.05, 4.69) is 34.6 Å². The van der Waals surface area contributed by atoms with Crippen molar-refractivity contribution in [3.05, 3.63) is 0 Å². The maximum absolute atomic E-state index is 12.8. The SMILES string of the molecule is CCCCC(=O)C(CCC(C)C)(CCC(C)C)COC. The molecule has 0 amide bonds. The minimum Gasteiger partial charge on any atom is -0.384 e. The molecular weight excluding hydrogens is 248 g/mol. The highest BCUT2D eigenvalue weighted by Crippen LogP contribution is 2.36. The van der Waals surface area contributed by atoms with Gasteiger partial charge >= 0.3 is 0 Å². The Balaban J connectivity index is 4.92. The molecule has 0 saturated carbocycles. The maximum Gasteiger partial charge on any atom is 0.141 e. The largest absolute Gasteiger partial charge is 0.384 e. The van der Waals surface area contributed by atoms with Crippen molar-refractivity contribution in [1.29, 1.82) is 0 Å². The van der Waals surface area contributed by atoms with Crippen LogP contribution in [0.5, 0.6) is 0 Å². The van der Waals surface area contributed by atoms with Crippen LogP contribution in [0, 0.1) is 17.3 Å². The van der Waals surface area contributed by atoms with Crippen molar-refractivity contribution in [2.24, 2.45) is 17.3 Å². The second-order valence-corrected chi connectivity index (χ2v) is 7.11. The van der Waals surface area contributed by atoms with E-state index in [4.69, 9.17) is 4.74 Å². The molecule has 0 aromatic heterocycles. The van der Waals surface area contributed by atoms with Gasteiger partial charge in [-0.15, -0.1) is 0 Å². The van der Waals surface area contributed by atoms with Crippen LogP contribution in [0.1, 0.15) is 79.6 Å². The lowest BCUT2D eigenvalue weighted by molar-refractivity contribution is -0.133. The molecule has 0 N–H and O–H groups in total. The number of methoxy groups -OCH3 is 1. The van der Waals surface area contributed by atoms with Crippen LogP contribution in [-0.4, -0.2) is 19.5 Å². The third-order valence-corrected chi connectivity index (χ3v) is 4.17. The number of rotatable bonds is 12. The summed E-state index contributed by atoms with van der Waals surface area (Å²) in [4.78, 5) is 12.8. The Bertz CT molecular complexity index is 244. The summed E-state index contributed by atoms with van der Waals surface area (Å²) in [5, 5.41) is 0. The molecule has 0 aromatic rings. The molecule has 0 aromatic carbocycles. The Hall–Kier alpha value is -0.370. The zero-order valence-electron chi connectivity index (χ0n) is 14.6. The third kappa shape index (κ3) is 7.42. The minimum absolute atomic E-state index is 0.238. The summed E-state index contributed by atoms with van der Waals surface area (Å²) >= 11 is 0. The molecule has 0 saturated heterocycles. The molecule has 0 heterocycles. The Kier molecular flexibility index (Phi) is 10.2. The van der Waals surface area contributed by atoms with Gasteiger partial charge in [0.05, 0.1) is 12.0 Å². The summed E-state index contributed by atoms with van der Waals surface area (Å²) in [7, 11) is 1.73. The number of carbonyl (C=O) groups is 1. The Labute approximate surface area is 126 Å². The summed E-state index contributed by atoms with van der Waals surface area (Å²) in [5.41, 5.74) is -0.238. The highest BCUT2D eigenvalue weighted by molar-refractivity contribution is 5.85. The number of hydrogen-bond acceptors (Lipinski definition) is 2. The van der Waals surface area contributed by atoms with Gasteiger partial charge in [0.1, 0.15) is 5.78 Å². The van der Waals surface area contributed by atoms with Gasteiger partial charge in [-0.25, -0.2) is 0 Å².